The smallest absolute Gasteiger partial charge is 0.426 e. The second-order valence-corrected chi connectivity index (χ2v) is 4.53. The minimum Gasteiger partial charge on any atom is -0.426 e. The molecule has 1 aliphatic heterocycles. The van der Waals surface area contributed by atoms with Crippen LogP contribution in [0.1, 0.15) is 0 Å². The molecule has 13 heteroatoms. The Morgan fingerprint density at radius 3 is 1.82 bits per heavy atom. The molecule has 4 nitrogen and oxygen atoms in total. The predicted molar refractivity (Wildman–Crippen MR) is 58.4 cm³/mol. The summed E-state index contributed by atoms with van der Waals surface area (Å²) in [5, 5.41) is 0. The van der Waals surface area contributed by atoms with Crippen LogP contribution in [0, 0.1) is 0 Å². The molecule has 0 aromatic rings. The minimum atomic E-state index is -5.79. The summed E-state index contributed by atoms with van der Waals surface area (Å²) in [4.78, 5) is 13.2. The number of rotatable bonds is 3. The van der Waals surface area contributed by atoms with E-state index in [9.17, 15) is 39.8 Å². The lowest BCUT2D eigenvalue weighted by Gasteiger charge is -2.34. The zero-order valence-electron chi connectivity index (χ0n) is 10.9. The van der Waals surface area contributed by atoms with E-state index < -0.39 is 38.3 Å². The number of halogens is 8. The average Bonchev–Trinajstić information content (AvgIpc) is 2.33. The molecule has 0 bridgehead atoms. The SMILES string of the molecule is O=C(OC(C(F)(F)F)C(F)(F)F)N1CCN(CB(F)F)CC1. The monoisotopic (exact) mass is 342 g/mol. The Morgan fingerprint density at radius 1 is 1.00 bits per heavy atom. The van der Waals surface area contributed by atoms with Gasteiger partial charge in [0.2, 0.25) is 0 Å². The third kappa shape index (κ3) is 5.50. The van der Waals surface area contributed by atoms with Gasteiger partial charge in [-0.2, -0.15) is 26.3 Å². The van der Waals surface area contributed by atoms with E-state index in [1.807, 2.05) is 0 Å². The van der Waals surface area contributed by atoms with Gasteiger partial charge in [0.05, 0.1) is 0 Å². The number of alkyl halides is 6. The zero-order chi connectivity index (χ0) is 17.1. The first-order valence-corrected chi connectivity index (χ1v) is 6.00. The molecule has 0 aromatic heterocycles. The van der Waals surface area contributed by atoms with Crippen molar-refractivity contribution in [2.24, 2.45) is 0 Å². The Balaban J connectivity index is 2.59. The Bertz CT molecular complexity index is 367. The van der Waals surface area contributed by atoms with Gasteiger partial charge in [0, 0.05) is 32.6 Å². The lowest BCUT2D eigenvalue weighted by atomic mass is 9.98. The maximum absolute atomic E-state index is 12.2. The van der Waals surface area contributed by atoms with E-state index in [1.165, 1.54) is 4.90 Å². The van der Waals surface area contributed by atoms with Crippen LogP contribution in [0.25, 0.3) is 0 Å². The predicted octanol–water partition coefficient (Wildman–Crippen LogP) is 2.20. The lowest BCUT2D eigenvalue weighted by molar-refractivity contribution is -0.308. The number of carbonyl (C=O) groups excluding carboxylic acids is 1. The van der Waals surface area contributed by atoms with Crippen molar-refractivity contribution in [1.29, 1.82) is 0 Å². The molecular weight excluding hydrogens is 331 g/mol. The molecule has 22 heavy (non-hydrogen) atoms. The molecule has 0 unspecified atom stereocenters. The molecule has 0 saturated carbocycles. The highest BCUT2D eigenvalue weighted by Gasteiger charge is 2.60. The van der Waals surface area contributed by atoms with Gasteiger partial charge in [-0.05, 0) is 0 Å². The first kappa shape index (κ1) is 18.8. The number of carbonyl (C=O) groups is 1. The van der Waals surface area contributed by atoms with E-state index in [0.29, 0.717) is 4.90 Å². The molecule has 0 spiro atoms. The van der Waals surface area contributed by atoms with E-state index in [2.05, 4.69) is 4.74 Å². The number of piperazine rings is 1. The van der Waals surface area contributed by atoms with Crippen LogP contribution in [-0.4, -0.2) is 74.2 Å². The average molecular weight is 342 g/mol. The van der Waals surface area contributed by atoms with E-state index in [-0.39, 0.29) is 26.2 Å². The van der Waals surface area contributed by atoms with Crippen molar-refractivity contribution in [3.8, 4) is 0 Å². The highest BCUT2D eigenvalue weighted by molar-refractivity contribution is 6.42. The molecular formula is C9H11BF8N2O2. The van der Waals surface area contributed by atoms with Crippen LogP contribution in [0.5, 0.6) is 0 Å². The normalized spacial score (nSPS) is 17.8. The van der Waals surface area contributed by atoms with Gasteiger partial charge in [-0.15, -0.1) is 0 Å². The minimum absolute atomic E-state index is 0.0951. The Morgan fingerprint density at radius 2 is 1.45 bits per heavy atom. The van der Waals surface area contributed by atoms with Crippen molar-refractivity contribution in [3.63, 3.8) is 0 Å². The van der Waals surface area contributed by atoms with E-state index in [0.717, 1.165) is 0 Å². The molecule has 0 aliphatic carbocycles. The first-order chi connectivity index (χ1) is 9.91. The van der Waals surface area contributed by atoms with Crippen LogP contribution in [0.2, 0.25) is 0 Å². The van der Waals surface area contributed by atoms with Gasteiger partial charge in [0.1, 0.15) is 0 Å². The van der Waals surface area contributed by atoms with E-state index in [1.54, 1.807) is 0 Å². The Hall–Kier alpha value is -1.27. The molecule has 0 aromatic carbocycles. The van der Waals surface area contributed by atoms with Gasteiger partial charge < -0.3 is 14.5 Å². The van der Waals surface area contributed by atoms with Crippen molar-refractivity contribution >= 4 is 13.4 Å². The Kier molecular flexibility index (Phi) is 5.87. The van der Waals surface area contributed by atoms with Crippen LogP contribution < -0.4 is 0 Å². The van der Waals surface area contributed by atoms with Crippen LogP contribution >= 0.6 is 0 Å². The van der Waals surface area contributed by atoms with Gasteiger partial charge in [-0.25, -0.2) is 4.79 Å². The van der Waals surface area contributed by atoms with Gasteiger partial charge in [-0.3, -0.25) is 8.63 Å². The van der Waals surface area contributed by atoms with Crippen LogP contribution in [0.3, 0.4) is 0 Å². The van der Waals surface area contributed by atoms with E-state index >= 15 is 0 Å². The maximum Gasteiger partial charge on any atom is 0.551 e. The summed E-state index contributed by atoms with van der Waals surface area (Å²) < 4.78 is 101. The molecule has 0 radical (unpaired) electrons. The summed E-state index contributed by atoms with van der Waals surface area (Å²) in [5.41, 5.74) is 0. The third-order valence-electron chi connectivity index (χ3n) is 2.84. The first-order valence-electron chi connectivity index (χ1n) is 6.00. The Labute approximate surface area is 120 Å². The molecule has 1 fully saturated rings. The van der Waals surface area contributed by atoms with Gasteiger partial charge >= 0.3 is 25.7 Å². The maximum atomic E-state index is 12.2. The molecule has 1 rings (SSSR count). The molecule has 1 amide bonds. The van der Waals surface area contributed by atoms with Gasteiger partial charge in [-0.1, -0.05) is 0 Å². The number of hydrogen-bond acceptors (Lipinski definition) is 3. The van der Waals surface area contributed by atoms with Crippen molar-refractivity contribution < 1.29 is 44.5 Å². The fraction of sp³-hybridized carbons (Fsp3) is 0.889. The summed E-state index contributed by atoms with van der Waals surface area (Å²) >= 11 is 0. The van der Waals surface area contributed by atoms with Crippen molar-refractivity contribution in [3.05, 3.63) is 0 Å². The summed E-state index contributed by atoms with van der Waals surface area (Å²) in [6.45, 7) is -0.785. The molecule has 1 heterocycles. The second-order valence-electron chi connectivity index (χ2n) is 4.53. The summed E-state index contributed by atoms with van der Waals surface area (Å²) in [7, 11) is -2.63. The number of nitrogens with zero attached hydrogens (tertiary/aromatic N) is 2. The molecule has 1 saturated heterocycles. The second kappa shape index (κ2) is 6.88. The topological polar surface area (TPSA) is 32.8 Å². The van der Waals surface area contributed by atoms with Crippen molar-refractivity contribution in [2.75, 3.05) is 32.6 Å². The van der Waals surface area contributed by atoms with Crippen molar-refractivity contribution in [1.82, 2.24) is 9.80 Å². The van der Waals surface area contributed by atoms with Crippen LogP contribution in [-0.2, 0) is 4.74 Å². The fourth-order valence-electron chi connectivity index (χ4n) is 1.80. The molecule has 0 atom stereocenters. The summed E-state index contributed by atoms with van der Waals surface area (Å²) in [5.74, 6) is 0. The molecule has 128 valence electrons. The summed E-state index contributed by atoms with van der Waals surface area (Å²) in [6.07, 6.45) is -18.2. The largest absolute Gasteiger partial charge is 0.551 e. The highest BCUT2D eigenvalue weighted by Crippen LogP contribution is 2.36. The zero-order valence-corrected chi connectivity index (χ0v) is 10.9. The lowest BCUT2D eigenvalue weighted by Crippen LogP contribution is -2.53. The van der Waals surface area contributed by atoms with Crippen LogP contribution in [0.4, 0.5) is 39.8 Å². The fourth-order valence-corrected chi connectivity index (χ4v) is 1.80. The molecule has 1 aliphatic rings. The van der Waals surface area contributed by atoms with Crippen molar-refractivity contribution in [2.45, 2.75) is 18.5 Å². The molecule has 0 N–H and O–H groups in total. The number of amides is 1. The van der Waals surface area contributed by atoms with Crippen LogP contribution in [0.15, 0.2) is 0 Å². The van der Waals surface area contributed by atoms with Gasteiger partial charge in [0.15, 0.2) is 0 Å². The highest BCUT2D eigenvalue weighted by atomic mass is 19.4. The number of ether oxygens (including phenoxy) is 1. The third-order valence-corrected chi connectivity index (χ3v) is 2.84. The number of hydrogen-bond donors (Lipinski definition) is 0. The quantitative estimate of drug-likeness (QED) is 0.582. The van der Waals surface area contributed by atoms with E-state index in [4.69, 9.17) is 0 Å². The summed E-state index contributed by atoms with van der Waals surface area (Å²) in [6, 6.07) is 0. The van der Waals surface area contributed by atoms with Gasteiger partial charge in [0.25, 0.3) is 6.10 Å². The standard InChI is InChI=1S/C9H11BF8N2O2/c11-8(12,13)6(9(14,15)16)22-7(21)20-3-1-19(2-4-20)5-10(17)18/h6H,1-5H2.